The summed E-state index contributed by atoms with van der Waals surface area (Å²) in [6, 6.07) is 14.9. The van der Waals surface area contributed by atoms with Crippen molar-refractivity contribution in [2.75, 3.05) is 82.5 Å². The van der Waals surface area contributed by atoms with Gasteiger partial charge >= 0.3 is 0 Å². The van der Waals surface area contributed by atoms with E-state index in [2.05, 4.69) is 30.7 Å². The zero-order valence-electron chi connectivity index (χ0n) is 49.0. The Hall–Kier alpha value is -6.77. The first kappa shape index (κ1) is 62.8. The fraction of sp³-hybridized carbons (Fsp3) is 0.508. The number of β-amino-alcohol motifs (C(OH)–C–C–N with tert-alkyl or cyclic N) is 1. The van der Waals surface area contributed by atoms with Gasteiger partial charge in [-0.2, -0.15) is 0 Å². The van der Waals surface area contributed by atoms with Crippen LogP contribution in [-0.2, 0) is 40.0 Å². The van der Waals surface area contributed by atoms with Crippen molar-refractivity contribution >= 4 is 64.1 Å². The van der Waals surface area contributed by atoms with Gasteiger partial charge in [-0.15, -0.1) is 11.3 Å². The number of Topliss-reactive ketones (excluding diaryl/α,β-unsaturated/α-hetero) is 3. The standard InChI is InChI=1S/C63H83N9O9S/c1-40(2)69-54-32-47(31-51(52(54)35-64)56(75)15-14-50-42(4)29-41(3)30-57(50)76)46-13-16-58(66-37-46)71-23-21-70(22-24-71)20-19-65-59(77)18-26-81-28-27-80-25-17-48(73)33-53(63(6,7)8)62(79)72-38-49(74)34-55(72)61(78)67-36-44-9-11-45(12-10-44)60-43(5)68-39-82-60/h9-13,16,29,31-32,35,37,39-40,49,53,55,64,69,74H,14-15,17-28,30,33-34,36,38H2,1-8H3,(H,65,77)(H,67,78)/t49-,53-,55+/m1/s1. The van der Waals surface area contributed by atoms with E-state index in [0.717, 1.165) is 76.0 Å². The third kappa shape index (κ3) is 17.4. The molecule has 7 rings (SSSR count). The van der Waals surface area contributed by atoms with Crippen LogP contribution in [0.25, 0.3) is 21.6 Å². The van der Waals surface area contributed by atoms with E-state index >= 15 is 0 Å². The third-order valence-electron chi connectivity index (χ3n) is 15.4. The Morgan fingerprint density at radius 2 is 1.59 bits per heavy atom. The molecule has 3 amide bonds. The number of likely N-dealkylation sites (tertiary alicyclic amines) is 1. The molecule has 2 aliphatic heterocycles. The van der Waals surface area contributed by atoms with Gasteiger partial charge < -0.3 is 45.7 Å². The van der Waals surface area contributed by atoms with E-state index in [9.17, 15) is 33.9 Å². The molecular formula is C63H83N9O9S. The lowest BCUT2D eigenvalue weighted by Gasteiger charge is -2.35. The number of carbonyl (C=O) groups is 6. The lowest BCUT2D eigenvalue weighted by molar-refractivity contribution is -0.146. The summed E-state index contributed by atoms with van der Waals surface area (Å²) in [5, 5.41) is 28.2. The van der Waals surface area contributed by atoms with Gasteiger partial charge in [0.2, 0.25) is 17.7 Å². The van der Waals surface area contributed by atoms with E-state index in [1.165, 1.54) is 11.1 Å². The number of nitrogens with zero attached hydrogens (tertiary/aromatic N) is 5. The van der Waals surface area contributed by atoms with Gasteiger partial charge in [0.1, 0.15) is 17.6 Å². The van der Waals surface area contributed by atoms with Crippen molar-refractivity contribution in [1.82, 2.24) is 30.4 Å². The van der Waals surface area contributed by atoms with Gasteiger partial charge in [-0.3, -0.25) is 33.7 Å². The highest BCUT2D eigenvalue weighted by molar-refractivity contribution is 7.13. The minimum atomic E-state index is -0.852. The number of allylic oxidation sites excluding steroid dienone is 4. The van der Waals surface area contributed by atoms with Gasteiger partial charge in [0.15, 0.2) is 11.6 Å². The number of hydrogen-bond acceptors (Lipinski definition) is 16. The van der Waals surface area contributed by atoms with Gasteiger partial charge in [-0.05, 0) is 98.6 Å². The number of aliphatic hydroxyl groups excluding tert-OH is 1. The molecular weight excluding hydrogens is 1060 g/mol. The monoisotopic (exact) mass is 1140 g/mol. The Morgan fingerprint density at radius 1 is 0.878 bits per heavy atom. The normalized spacial score (nSPS) is 17.2. The SMILES string of the molecule is CC1=CC(C)=C(CCC(=O)c2cc(-c3ccc(N4CCN(CCNC(=O)CCOCCOCCC(=O)C[C@H](C(=O)N5C[C@H](O)C[C@H]5C(=O)NCc5ccc(-c6scnc6C)cc5)C(C)(C)C)CC4)nc3)cc(NC(C)C)c2C=N)C(=O)C1. The second-order valence-corrected chi connectivity index (χ2v) is 24.0. The molecule has 0 bridgehead atoms. The van der Waals surface area contributed by atoms with Crippen molar-refractivity contribution < 1.29 is 43.3 Å². The van der Waals surface area contributed by atoms with E-state index < -0.39 is 23.5 Å². The third-order valence-corrected chi connectivity index (χ3v) is 16.3. The van der Waals surface area contributed by atoms with E-state index in [0.29, 0.717) is 48.3 Å². The molecule has 2 aromatic carbocycles. The van der Waals surface area contributed by atoms with E-state index in [-0.39, 0.29) is 113 Å². The number of anilines is 2. The van der Waals surface area contributed by atoms with Crippen LogP contribution in [0, 0.1) is 23.7 Å². The Labute approximate surface area is 487 Å². The Morgan fingerprint density at radius 3 is 2.22 bits per heavy atom. The number of thiazole rings is 1. The fourth-order valence-corrected chi connectivity index (χ4v) is 11.6. The lowest BCUT2D eigenvalue weighted by Crippen LogP contribution is -2.50. The second kappa shape index (κ2) is 29.5. The van der Waals surface area contributed by atoms with Crippen LogP contribution >= 0.6 is 11.3 Å². The number of nitrogens with one attached hydrogen (secondary N) is 4. The average molecular weight is 1140 g/mol. The maximum absolute atomic E-state index is 14.1. The van der Waals surface area contributed by atoms with E-state index in [1.807, 2.05) is 122 Å². The molecule has 0 saturated carbocycles. The number of piperazine rings is 1. The van der Waals surface area contributed by atoms with Crippen LogP contribution in [0.4, 0.5) is 11.5 Å². The molecule has 18 nitrogen and oxygen atoms in total. The van der Waals surface area contributed by atoms with Gasteiger partial charge in [0.05, 0.1) is 48.6 Å². The molecule has 2 aromatic heterocycles. The highest BCUT2D eigenvalue weighted by Crippen LogP contribution is 2.35. The molecule has 0 spiro atoms. The molecule has 1 aliphatic carbocycles. The number of pyridine rings is 1. The number of ketones is 3. The number of carbonyl (C=O) groups excluding carboxylic acids is 6. The summed E-state index contributed by atoms with van der Waals surface area (Å²) < 4.78 is 11.3. The number of aromatic nitrogens is 2. The van der Waals surface area contributed by atoms with Gasteiger partial charge in [0.25, 0.3) is 0 Å². The average Bonchev–Trinajstić information content (AvgIpc) is 4.23. The first-order valence-corrected chi connectivity index (χ1v) is 29.6. The number of amides is 3. The summed E-state index contributed by atoms with van der Waals surface area (Å²) in [4.78, 5) is 96.3. The number of aryl methyl sites for hydroxylation is 1. The molecule has 4 heterocycles. The first-order valence-electron chi connectivity index (χ1n) is 28.7. The van der Waals surface area contributed by atoms with E-state index in [4.69, 9.17) is 19.9 Å². The molecule has 4 aromatic rings. The van der Waals surface area contributed by atoms with Crippen LogP contribution < -0.4 is 20.9 Å². The zero-order valence-corrected chi connectivity index (χ0v) is 49.8. The van der Waals surface area contributed by atoms with Crippen molar-refractivity contribution in [1.29, 1.82) is 5.41 Å². The van der Waals surface area contributed by atoms with Crippen molar-refractivity contribution in [3.63, 3.8) is 0 Å². The molecule has 3 atom stereocenters. The smallest absolute Gasteiger partial charge is 0.243 e. The predicted octanol–water partition coefficient (Wildman–Crippen LogP) is 8.15. The molecule has 5 N–H and O–H groups in total. The van der Waals surface area contributed by atoms with Crippen LogP contribution in [0.15, 0.2) is 83.0 Å². The first-order chi connectivity index (χ1) is 39.2. The Balaban J connectivity index is 0.764. The summed E-state index contributed by atoms with van der Waals surface area (Å²) in [7, 11) is 0. The quantitative estimate of drug-likeness (QED) is 0.0205. The van der Waals surface area contributed by atoms with Crippen molar-refractivity contribution in [2.45, 2.75) is 125 Å². The van der Waals surface area contributed by atoms with Gasteiger partial charge in [-0.1, -0.05) is 56.7 Å². The number of rotatable bonds is 28. The summed E-state index contributed by atoms with van der Waals surface area (Å²) in [6.07, 6.45) is 5.50. The lowest BCUT2D eigenvalue weighted by atomic mass is 9.76. The van der Waals surface area contributed by atoms with E-state index in [1.54, 1.807) is 11.3 Å². The van der Waals surface area contributed by atoms with Crippen LogP contribution in [0.2, 0.25) is 0 Å². The molecule has 82 heavy (non-hydrogen) atoms. The minimum absolute atomic E-state index is 0.0188. The molecule has 0 unspecified atom stereocenters. The number of ether oxygens (including phenoxy) is 2. The maximum Gasteiger partial charge on any atom is 0.243 e. The second-order valence-electron chi connectivity index (χ2n) is 23.2. The largest absolute Gasteiger partial charge is 0.391 e. The Bertz CT molecular complexity index is 2970. The van der Waals surface area contributed by atoms with Crippen molar-refractivity contribution in [3.05, 3.63) is 105 Å². The summed E-state index contributed by atoms with van der Waals surface area (Å²) in [5.74, 6) is -0.833. The summed E-state index contributed by atoms with van der Waals surface area (Å²) in [6.45, 7) is 21.1. The Kier molecular flexibility index (Phi) is 22.6. The van der Waals surface area contributed by atoms with Gasteiger partial charge in [-0.25, -0.2) is 9.97 Å². The van der Waals surface area contributed by atoms with Crippen LogP contribution in [0.3, 0.4) is 0 Å². The molecule has 440 valence electrons. The fourth-order valence-electron chi connectivity index (χ4n) is 10.8. The molecule has 2 saturated heterocycles. The summed E-state index contributed by atoms with van der Waals surface area (Å²) in [5.41, 5.74) is 10.1. The maximum atomic E-state index is 14.1. The van der Waals surface area contributed by atoms with Crippen LogP contribution in [-0.4, -0.2) is 157 Å². The number of aliphatic hydroxyl groups is 1. The highest BCUT2D eigenvalue weighted by Gasteiger charge is 2.44. The van der Waals surface area contributed by atoms with Crippen molar-refractivity contribution in [2.24, 2.45) is 11.3 Å². The minimum Gasteiger partial charge on any atom is -0.391 e. The number of hydrogen-bond donors (Lipinski definition) is 5. The van der Waals surface area contributed by atoms with Crippen molar-refractivity contribution in [3.8, 4) is 21.6 Å². The molecule has 0 radical (unpaired) electrons. The molecule has 2 fully saturated rings. The summed E-state index contributed by atoms with van der Waals surface area (Å²) >= 11 is 1.57. The van der Waals surface area contributed by atoms with Crippen LogP contribution in [0.1, 0.15) is 121 Å². The topological polar surface area (TPSA) is 237 Å². The number of benzene rings is 2. The molecule has 3 aliphatic rings. The van der Waals surface area contributed by atoms with Crippen LogP contribution in [0.5, 0.6) is 0 Å². The highest BCUT2D eigenvalue weighted by atomic mass is 32.1. The van der Waals surface area contributed by atoms with Gasteiger partial charge in [0, 0.05) is 138 Å². The predicted molar refractivity (Wildman–Crippen MR) is 321 cm³/mol. The zero-order chi connectivity index (χ0) is 59.1. The molecule has 19 heteroatoms.